The molecule has 6 rings (SSSR count). The number of fused-ring (bicyclic) bond motifs is 1. The van der Waals surface area contributed by atoms with Gasteiger partial charge in [-0.1, -0.05) is 66.5 Å². The van der Waals surface area contributed by atoms with Crippen molar-refractivity contribution in [2.45, 2.75) is 39.0 Å². The van der Waals surface area contributed by atoms with Crippen LogP contribution >= 0.6 is 11.3 Å². The third-order valence-corrected chi connectivity index (χ3v) is 8.68. The second kappa shape index (κ2) is 12.4. The molecule has 0 aliphatic carbocycles. The van der Waals surface area contributed by atoms with Crippen LogP contribution in [0, 0.1) is 6.92 Å². The number of nitrogens with zero attached hydrogens (tertiary/aromatic N) is 2. The Kier molecular flexibility index (Phi) is 8.23. The molecule has 2 aliphatic rings. The molecule has 3 aromatic carbocycles. The lowest BCUT2D eigenvalue weighted by atomic mass is 9.94. The molecule has 1 amide bonds. The van der Waals surface area contributed by atoms with E-state index in [1.165, 1.54) is 11.0 Å². The number of hydrogen-bond acceptors (Lipinski definition) is 9. The molecule has 1 saturated heterocycles. The van der Waals surface area contributed by atoms with Gasteiger partial charge in [-0.2, -0.15) is 0 Å². The fourth-order valence-corrected chi connectivity index (χ4v) is 6.45. The van der Waals surface area contributed by atoms with Crippen molar-refractivity contribution in [1.82, 2.24) is 4.98 Å². The van der Waals surface area contributed by atoms with Crippen molar-refractivity contribution in [2.24, 2.45) is 0 Å². The molecule has 0 radical (unpaired) electrons. The van der Waals surface area contributed by atoms with Gasteiger partial charge >= 0.3 is 11.9 Å². The summed E-state index contributed by atoms with van der Waals surface area (Å²) in [6, 6.07) is 20.8. The second-order valence-electron chi connectivity index (χ2n) is 10.8. The number of ketones is 1. The maximum atomic E-state index is 13.7. The summed E-state index contributed by atoms with van der Waals surface area (Å²) in [5, 5.41) is 11.8. The van der Waals surface area contributed by atoms with Crippen LogP contribution in [0.5, 0.6) is 11.5 Å². The SMILES string of the molecule is C=CCOC(=O)c1sc(N2C(=O)C(=O)C(=C(O)c3ccc4c(c3)C[C@@H](C)O4)[C@@H]2c2cccc(OCc3ccccc3)c2)nc1C. The molecular formula is C35H30N2O7S. The summed E-state index contributed by atoms with van der Waals surface area (Å²) in [7, 11) is 0. The number of Topliss-reactive ketones (excluding diaryl/α,β-unsaturated/α-hetero) is 1. The van der Waals surface area contributed by atoms with E-state index in [1.54, 1.807) is 49.4 Å². The molecule has 45 heavy (non-hydrogen) atoms. The zero-order valence-electron chi connectivity index (χ0n) is 24.7. The quantitative estimate of drug-likeness (QED) is 0.0758. The molecule has 2 aliphatic heterocycles. The first kappa shape index (κ1) is 29.8. The topological polar surface area (TPSA) is 115 Å². The van der Waals surface area contributed by atoms with Crippen LogP contribution in [0.3, 0.4) is 0 Å². The van der Waals surface area contributed by atoms with Crippen LogP contribution in [-0.2, 0) is 27.4 Å². The first-order valence-electron chi connectivity index (χ1n) is 14.4. The maximum absolute atomic E-state index is 13.7. The summed E-state index contributed by atoms with van der Waals surface area (Å²) in [6.45, 7) is 7.46. The number of hydrogen-bond donors (Lipinski definition) is 1. The van der Waals surface area contributed by atoms with Crippen LogP contribution < -0.4 is 14.4 Å². The molecule has 1 fully saturated rings. The lowest BCUT2D eigenvalue weighted by Gasteiger charge is -2.23. The number of carbonyl (C=O) groups excluding carboxylic acids is 3. The Balaban J connectivity index is 1.44. The van der Waals surface area contributed by atoms with Crippen molar-refractivity contribution in [3.05, 3.63) is 124 Å². The second-order valence-corrected chi connectivity index (χ2v) is 11.7. The van der Waals surface area contributed by atoms with Gasteiger partial charge in [-0.25, -0.2) is 9.78 Å². The van der Waals surface area contributed by atoms with Crippen molar-refractivity contribution in [3.8, 4) is 11.5 Å². The number of ether oxygens (including phenoxy) is 3. The van der Waals surface area contributed by atoms with Crippen molar-refractivity contribution in [2.75, 3.05) is 11.5 Å². The monoisotopic (exact) mass is 622 g/mol. The maximum Gasteiger partial charge on any atom is 0.350 e. The Morgan fingerprint density at radius 3 is 2.71 bits per heavy atom. The Bertz CT molecular complexity index is 1850. The molecular weight excluding hydrogens is 592 g/mol. The van der Waals surface area contributed by atoms with Gasteiger partial charge in [0, 0.05) is 12.0 Å². The fraction of sp³-hybridized carbons (Fsp3) is 0.200. The number of anilines is 1. The number of aromatic nitrogens is 1. The molecule has 1 aromatic heterocycles. The van der Waals surface area contributed by atoms with E-state index in [-0.39, 0.29) is 34.1 Å². The number of aliphatic hydroxyl groups excluding tert-OH is 1. The van der Waals surface area contributed by atoms with Gasteiger partial charge in [0.1, 0.15) is 41.5 Å². The van der Waals surface area contributed by atoms with Crippen molar-refractivity contribution >= 4 is 39.9 Å². The Labute approximate surface area is 264 Å². The Morgan fingerprint density at radius 2 is 1.93 bits per heavy atom. The van der Waals surface area contributed by atoms with Crippen LogP contribution in [0.1, 0.15) is 50.6 Å². The average Bonchev–Trinajstić information content (AvgIpc) is 3.70. The zero-order chi connectivity index (χ0) is 31.7. The van der Waals surface area contributed by atoms with Gasteiger partial charge in [-0.15, -0.1) is 0 Å². The van der Waals surface area contributed by atoms with Crippen LogP contribution in [0.15, 0.2) is 91.0 Å². The van der Waals surface area contributed by atoms with Gasteiger partial charge in [0.05, 0.1) is 17.3 Å². The molecule has 228 valence electrons. The fourth-order valence-electron chi connectivity index (χ4n) is 5.46. The standard InChI is InChI=1S/C35H30N2O7S/c1-4-15-42-34(41)32-21(3)36-35(45-32)37-29(23-11-8-12-26(18-23)43-19-22-9-6-5-7-10-22)28(31(39)33(37)40)30(38)24-13-14-27-25(17-24)16-20(2)44-27/h4-14,17-18,20,29,38H,1,15-16,19H2,2-3H3/t20-,29+/m1/s1. The summed E-state index contributed by atoms with van der Waals surface area (Å²) >= 11 is 0.938. The Morgan fingerprint density at radius 1 is 1.13 bits per heavy atom. The lowest BCUT2D eigenvalue weighted by Crippen LogP contribution is -2.29. The summed E-state index contributed by atoms with van der Waals surface area (Å²) in [5.74, 6) is -1.46. The Hall–Kier alpha value is -5.22. The van der Waals surface area contributed by atoms with Gasteiger partial charge in [-0.05, 0) is 60.9 Å². The summed E-state index contributed by atoms with van der Waals surface area (Å²) in [6.07, 6.45) is 2.09. The number of amides is 1. The number of aliphatic hydroxyl groups is 1. The molecule has 9 nitrogen and oxygen atoms in total. The first-order valence-corrected chi connectivity index (χ1v) is 15.2. The van der Waals surface area contributed by atoms with E-state index in [2.05, 4.69) is 11.6 Å². The van der Waals surface area contributed by atoms with E-state index in [0.717, 1.165) is 22.5 Å². The van der Waals surface area contributed by atoms with E-state index in [0.29, 0.717) is 41.3 Å². The third-order valence-electron chi connectivity index (χ3n) is 7.55. The van der Waals surface area contributed by atoms with Gasteiger partial charge in [0.25, 0.3) is 5.78 Å². The molecule has 3 heterocycles. The van der Waals surface area contributed by atoms with E-state index in [1.807, 2.05) is 37.3 Å². The van der Waals surface area contributed by atoms with Crippen molar-refractivity contribution in [3.63, 3.8) is 0 Å². The summed E-state index contributed by atoms with van der Waals surface area (Å²) < 4.78 is 17.1. The number of esters is 1. The highest BCUT2D eigenvalue weighted by Crippen LogP contribution is 2.45. The number of rotatable bonds is 9. The summed E-state index contributed by atoms with van der Waals surface area (Å²) in [5.41, 5.74) is 3.01. The van der Waals surface area contributed by atoms with Gasteiger partial charge in [0.15, 0.2) is 5.13 Å². The molecule has 10 heteroatoms. The highest BCUT2D eigenvalue weighted by atomic mass is 32.1. The van der Waals surface area contributed by atoms with E-state index in [9.17, 15) is 19.5 Å². The normalized spacial score (nSPS) is 18.4. The first-order chi connectivity index (χ1) is 21.7. The van der Waals surface area contributed by atoms with E-state index >= 15 is 0 Å². The molecule has 0 spiro atoms. The van der Waals surface area contributed by atoms with Crippen LogP contribution in [0.25, 0.3) is 5.76 Å². The minimum absolute atomic E-state index is 0.0103. The summed E-state index contributed by atoms with van der Waals surface area (Å²) in [4.78, 5) is 46.1. The van der Waals surface area contributed by atoms with E-state index in [4.69, 9.17) is 14.2 Å². The highest BCUT2D eigenvalue weighted by molar-refractivity contribution is 7.17. The smallest absolute Gasteiger partial charge is 0.350 e. The zero-order valence-corrected chi connectivity index (χ0v) is 25.5. The molecule has 0 saturated carbocycles. The van der Waals surface area contributed by atoms with Gasteiger partial charge in [-0.3, -0.25) is 14.5 Å². The van der Waals surface area contributed by atoms with Gasteiger partial charge in [0.2, 0.25) is 0 Å². The minimum Gasteiger partial charge on any atom is -0.507 e. The molecule has 0 bridgehead atoms. The predicted molar refractivity (Wildman–Crippen MR) is 170 cm³/mol. The predicted octanol–water partition coefficient (Wildman–Crippen LogP) is 6.32. The van der Waals surface area contributed by atoms with Crippen molar-refractivity contribution in [1.29, 1.82) is 0 Å². The lowest BCUT2D eigenvalue weighted by molar-refractivity contribution is -0.132. The highest BCUT2D eigenvalue weighted by Gasteiger charge is 2.48. The molecule has 1 N–H and O–H groups in total. The molecule has 2 atom stereocenters. The van der Waals surface area contributed by atoms with Gasteiger partial charge < -0.3 is 19.3 Å². The number of benzene rings is 3. The minimum atomic E-state index is -1.06. The number of aryl methyl sites for hydroxylation is 1. The molecule has 0 unspecified atom stereocenters. The third kappa shape index (κ3) is 5.84. The molecule has 4 aromatic rings. The average molecular weight is 623 g/mol. The largest absolute Gasteiger partial charge is 0.507 e. The number of thiazole rings is 1. The van der Waals surface area contributed by atoms with Crippen LogP contribution in [0.2, 0.25) is 0 Å². The van der Waals surface area contributed by atoms with Crippen LogP contribution in [0.4, 0.5) is 5.13 Å². The number of carbonyl (C=O) groups is 3. The van der Waals surface area contributed by atoms with E-state index < -0.39 is 23.7 Å². The van der Waals surface area contributed by atoms with Crippen molar-refractivity contribution < 1.29 is 33.7 Å². The van der Waals surface area contributed by atoms with Crippen LogP contribution in [-0.4, -0.2) is 40.5 Å².